The van der Waals surface area contributed by atoms with Crippen molar-refractivity contribution in [2.24, 2.45) is 7.05 Å². The highest BCUT2D eigenvalue weighted by molar-refractivity contribution is 6.30. The van der Waals surface area contributed by atoms with E-state index in [9.17, 15) is 5.26 Å². The van der Waals surface area contributed by atoms with Gasteiger partial charge in [-0.25, -0.2) is 9.97 Å². The van der Waals surface area contributed by atoms with E-state index in [0.29, 0.717) is 27.8 Å². The third-order valence-electron chi connectivity index (χ3n) is 3.57. The molecule has 0 spiro atoms. The van der Waals surface area contributed by atoms with E-state index in [4.69, 9.17) is 16.3 Å². The van der Waals surface area contributed by atoms with Gasteiger partial charge in [-0.15, -0.1) is 0 Å². The average Bonchev–Trinajstić information content (AvgIpc) is 2.93. The van der Waals surface area contributed by atoms with Crippen molar-refractivity contribution in [2.45, 2.75) is 25.9 Å². The maximum Gasteiger partial charge on any atom is 0.184 e. The summed E-state index contributed by atoms with van der Waals surface area (Å²) in [6.07, 6.45) is 4.83. The molecule has 122 valence electrons. The molecule has 0 N–H and O–H groups in total. The van der Waals surface area contributed by atoms with E-state index in [1.165, 1.54) is 0 Å². The van der Waals surface area contributed by atoms with Crippen LogP contribution in [0.5, 0.6) is 5.75 Å². The summed E-state index contributed by atoms with van der Waals surface area (Å²) in [5.74, 6) is 0.986. The standard InChI is InChI=1S/C17H16ClN5O/c1-3-4-14(24-15-7-13(18)6-5-11(15)8-19)17-20-9-12-10-23(2)22-16(12)21-17/h5-7,9-10,14H,3-4H2,1-2H3. The Kier molecular flexibility index (Phi) is 4.63. The number of nitrogens with zero attached hydrogens (tertiary/aromatic N) is 5. The zero-order chi connectivity index (χ0) is 17.1. The largest absolute Gasteiger partial charge is 0.481 e. The van der Waals surface area contributed by atoms with Crippen molar-refractivity contribution in [3.8, 4) is 11.8 Å². The molecule has 1 atom stereocenters. The number of halogens is 1. The number of nitriles is 1. The van der Waals surface area contributed by atoms with Gasteiger partial charge in [0, 0.05) is 30.5 Å². The van der Waals surface area contributed by atoms with Crippen molar-refractivity contribution < 1.29 is 4.74 Å². The predicted molar refractivity (Wildman–Crippen MR) is 90.7 cm³/mol. The molecule has 1 unspecified atom stereocenters. The lowest BCUT2D eigenvalue weighted by atomic mass is 10.1. The van der Waals surface area contributed by atoms with E-state index in [1.807, 2.05) is 13.2 Å². The molecule has 0 radical (unpaired) electrons. The third kappa shape index (κ3) is 3.31. The van der Waals surface area contributed by atoms with Crippen molar-refractivity contribution >= 4 is 22.6 Å². The lowest BCUT2D eigenvalue weighted by Gasteiger charge is -2.18. The van der Waals surface area contributed by atoms with Crippen LogP contribution in [0.3, 0.4) is 0 Å². The Morgan fingerprint density at radius 3 is 3.00 bits per heavy atom. The SMILES string of the molecule is CCCC(Oc1cc(Cl)ccc1C#N)c1ncc2cn(C)nc2n1. The normalized spacial score (nSPS) is 12.1. The molecule has 7 heteroatoms. The molecule has 0 saturated heterocycles. The fraction of sp³-hybridized carbons (Fsp3) is 0.294. The van der Waals surface area contributed by atoms with E-state index in [0.717, 1.165) is 18.2 Å². The number of hydrogen-bond donors (Lipinski definition) is 0. The third-order valence-corrected chi connectivity index (χ3v) is 3.80. The Morgan fingerprint density at radius 2 is 2.25 bits per heavy atom. The first kappa shape index (κ1) is 16.2. The molecule has 0 amide bonds. The monoisotopic (exact) mass is 341 g/mol. The van der Waals surface area contributed by atoms with E-state index in [1.54, 1.807) is 29.1 Å². The molecule has 0 aliphatic rings. The second-order valence-corrected chi connectivity index (χ2v) is 5.89. The summed E-state index contributed by atoms with van der Waals surface area (Å²) >= 11 is 6.03. The van der Waals surface area contributed by atoms with Crippen LogP contribution in [0, 0.1) is 11.3 Å². The van der Waals surface area contributed by atoms with Gasteiger partial charge in [-0.1, -0.05) is 24.9 Å². The Morgan fingerprint density at radius 1 is 1.42 bits per heavy atom. The van der Waals surface area contributed by atoms with Gasteiger partial charge in [0.25, 0.3) is 0 Å². The van der Waals surface area contributed by atoms with Gasteiger partial charge in [-0.2, -0.15) is 10.4 Å². The average molecular weight is 342 g/mol. The minimum atomic E-state index is -0.369. The van der Waals surface area contributed by atoms with Gasteiger partial charge in [0.05, 0.1) is 10.9 Å². The van der Waals surface area contributed by atoms with Crippen LogP contribution in [0.25, 0.3) is 11.0 Å². The number of rotatable bonds is 5. The Labute approximate surface area is 144 Å². The molecule has 24 heavy (non-hydrogen) atoms. The molecular weight excluding hydrogens is 326 g/mol. The van der Waals surface area contributed by atoms with E-state index < -0.39 is 0 Å². The molecule has 1 aromatic carbocycles. The molecule has 0 aliphatic heterocycles. The van der Waals surface area contributed by atoms with Crippen LogP contribution in [0.2, 0.25) is 5.02 Å². The Bertz CT molecular complexity index is 915. The van der Waals surface area contributed by atoms with Crippen molar-refractivity contribution in [2.75, 3.05) is 0 Å². The summed E-state index contributed by atoms with van der Waals surface area (Å²) in [6, 6.07) is 7.06. The summed E-state index contributed by atoms with van der Waals surface area (Å²) in [6.45, 7) is 2.05. The van der Waals surface area contributed by atoms with Gasteiger partial charge in [-0.05, 0) is 18.6 Å². The summed E-state index contributed by atoms with van der Waals surface area (Å²) in [4.78, 5) is 8.91. The van der Waals surface area contributed by atoms with Crippen LogP contribution in [-0.4, -0.2) is 19.7 Å². The second-order valence-electron chi connectivity index (χ2n) is 5.46. The lowest BCUT2D eigenvalue weighted by Crippen LogP contribution is -2.12. The Balaban J connectivity index is 1.97. The van der Waals surface area contributed by atoms with Crippen LogP contribution in [-0.2, 0) is 7.05 Å². The summed E-state index contributed by atoms with van der Waals surface area (Å²) in [7, 11) is 1.84. The first-order chi connectivity index (χ1) is 11.6. The van der Waals surface area contributed by atoms with Gasteiger partial charge >= 0.3 is 0 Å². The van der Waals surface area contributed by atoms with Gasteiger partial charge < -0.3 is 4.74 Å². The topological polar surface area (TPSA) is 76.6 Å². The minimum absolute atomic E-state index is 0.369. The first-order valence-electron chi connectivity index (χ1n) is 7.63. The lowest BCUT2D eigenvalue weighted by molar-refractivity contribution is 0.183. The van der Waals surface area contributed by atoms with Gasteiger partial charge in [0.2, 0.25) is 0 Å². The highest BCUT2D eigenvalue weighted by atomic mass is 35.5. The number of hydrogen-bond acceptors (Lipinski definition) is 5. The van der Waals surface area contributed by atoms with Crippen molar-refractivity contribution in [1.29, 1.82) is 5.26 Å². The van der Waals surface area contributed by atoms with Gasteiger partial charge in [0.15, 0.2) is 17.6 Å². The summed E-state index contributed by atoms with van der Waals surface area (Å²) in [5.41, 5.74) is 1.05. The summed E-state index contributed by atoms with van der Waals surface area (Å²) < 4.78 is 7.73. The number of ether oxygens (including phenoxy) is 1. The van der Waals surface area contributed by atoms with Crippen molar-refractivity contribution in [1.82, 2.24) is 19.7 Å². The van der Waals surface area contributed by atoms with Crippen LogP contribution < -0.4 is 4.74 Å². The van der Waals surface area contributed by atoms with Crippen molar-refractivity contribution in [3.05, 3.63) is 47.0 Å². The van der Waals surface area contributed by atoms with E-state index in [2.05, 4.69) is 28.1 Å². The molecule has 0 fully saturated rings. The van der Waals surface area contributed by atoms with E-state index >= 15 is 0 Å². The smallest absolute Gasteiger partial charge is 0.184 e. The predicted octanol–water partition coefficient (Wildman–Crippen LogP) is 3.81. The quantitative estimate of drug-likeness (QED) is 0.705. The van der Waals surface area contributed by atoms with Gasteiger partial charge in [-0.3, -0.25) is 4.68 Å². The van der Waals surface area contributed by atoms with Crippen LogP contribution >= 0.6 is 11.6 Å². The minimum Gasteiger partial charge on any atom is -0.481 e. The molecular formula is C17H16ClN5O. The van der Waals surface area contributed by atoms with E-state index in [-0.39, 0.29) is 6.10 Å². The number of aromatic nitrogens is 4. The van der Waals surface area contributed by atoms with Crippen molar-refractivity contribution in [3.63, 3.8) is 0 Å². The maximum absolute atomic E-state index is 9.25. The zero-order valence-electron chi connectivity index (χ0n) is 13.4. The van der Waals surface area contributed by atoms with Crippen LogP contribution in [0.15, 0.2) is 30.6 Å². The fourth-order valence-corrected chi connectivity index (χ4v) is 2.61. The highest BCUT2D eigenvalue weighted by Gasteiger charge is 2.19. The molecule has 0 bridgehead atoms. The number of fused-ring (bicyclic) bond motifs is 1. The van der Waals surface area contributed by atoms with Crippen LogP contribution in [0.1, 0.15) is 37.3 Å². The molecule has 2 heterocycles. The first-order valence-corrected chi connectivity index (χ1v) is 8.01. The highest BCUT2D eigenvalue weighted by Crippen LogP contribution is 2.29. The molecule has 3 rings (SSSR count). The maximum atomic E-state index is 9.25. The zero-order valence-corrected chi connectivity index (χ0v) is 14.2. The number of benzene rings is 1. The summed E-state index contributed by atoms with van der Waals surface area (Å²) in [5, 5.41) is 14.9. The number of aryl methyl sites for hydroxylation is 1. The fourth-order valence-electron chi connectivity index (χ4n) is 2.44. The van der Waals surface area contributed by atoms with Crippen LogP contribution in [0.4, 0.5) is 0 Å². The molecule has 6 nitrogen and oxygen atoms in total. The molecule has 0 saturated carbocycles. The Hall–Kier alpha value is -2.65. The molecule has 2 aromatic heterocycles. The molecule has 0 aliphatic carbocycles. The van der Waals surface area contributed by atoms with Gasteiger partial charge in [0.1, 0.15) is 11.8 Å². The second kappa shape index (κ2) is 6.85. The molecule has 3 aromatic rings.